The predicted octanol–water partition coefficient (Wildman–Crippen LogP) is 5.44. The van der Waals surface area contributed by atoms with Crippen molar-refractivity contribution in [1.82, 2.24) is 4.98 Å². The van der Waals surface area contributed by atoms with Crippen molar-refractivity contribution in [3.05, 3.63) is 46.5 Å². The largest absolute Gasteiger partial charge is 0.372 e. The average Bonchev–Trinajstić information content (AvgIpc) is 2.78. The molecular formula is C26H34N4O2S2. The fourth-order valence-corrected chi connectivity index (χ4v) is 6.05. The zero-order valence-electron chi connectivity index (χ0n) is 20.7. The SMILES string of the molecule is CSNc1ccc(CCSc2nc(N3CC(C)OC(C)C3)c3c(c2C#N)CC(C)(C)OC3)cc1. The van der Waals surface area contributed by atoms with Crippen molar-refractivity contribution in [2.45, 2.75) is 70.0 Å². The summed E-state index contributed by atoms with van der Waals surface area (Å²) in [4.78, 5) is 7.41. The summed E-state index contributed by atoms with van der Waals surface area (Å²) in [6.07, 6.45) is 3.93. The molecule has 1 N–H and O–H groups in total. The Morgan fingerprint density at radius 2 is 1.88 bits per heavy atom. The van der Waals surface area contributed by atoms with Crippen molar-refractivity contribution in [3.63, 3.8) is 0 Å². The van der Waals surface area contributed by atoms with E-state index in [-0.39, 0.29) is 17.8 Å². The van der Waals surface area contributed by atoms with Crippen LogP contribution in [0.15, 0.2) is 29.3 Å². The van der Waals surface area contributed by atoms with Crippen molar-refractivity contribution in [2.24, 2.45) is 0 Å². The lowest BCUT2D eigenvalue weighted by Gasteiger charge is -2.40. The fourth-order valence-electron chi connectivity index (χ4n) is 4.68. The normalized spacial score (nSPS) is 21.6. The molecule has 1 fully saturated rings. The number of nitriles is 1. The molecule has 8 heteroatoms. The number of aryl methyl sites for hydroxylation is 1. The number of benzene rings is 1. The zero-order chi connectivity index (χ0) is 24.3. The quantitative estimate of drug-likeness (QED) is 0.400. The Bertz CT molecular complexity index is 1040. The molecule has 3 heterocycles. The van der Waals surface area contributed by atoms with E-state index in [1.807, 2.05) is 6.26 Å². The summed E-state index contributed by atoms with van der Waals surface area (Å²) in [6, 6.07) is 11.0. The molecule has 2 atom stereocenters. The smallest absolute Gasteiger partial charge is 0.135 e. The van der Waals surface area contributed by atoms with Gasteiger partial charge in [-0.3, -0.25) is 0 Å². The molecule has 34 heavy (non-hydrogen) atoms. The number of aromatic nitrogens is 1. The Kier molecular flexibility index (Phi) is 7.98. The first-order chi connectivity index (χ1) is 16.3. The van der Waals surface area contributed by atoms with Gasteiger partial charge in [0.05, 0.1) is 30.0 Å². The molecule has 0 amide bonds. The molecule has 2 aromatic rings. The molecule has 2 unspecified atom stereocenters. The number of pyridine rings is 1. The number of thioether (sulfide) groups is 1. The van der Waals surface area contributed by atoms with Crippen molar-refractivity contribution < 1.29 is 9.47 Å². The molecule has 182 valence electrons. The Labute approximate surface area is 211 Å². The molecule has 1 aromatic carbocycles. The Hall–Kier alpha value is -1.92. The van der Waals surface area contributed by atoms with E-state index in [9.17, 15) is 5.26 Å². The number of ether oxygens (including phenoxy) is 2. The molecule has 0 spiro atoms. The van der Waals surface area contributed by atoms with Crippen LogP contribution in [0.25, 0.3) is 0 Å². The van der Waals surface area contributed by atoms with Crippen LogP contribution in [-0.2, 0) is 28.9 Å². The summed E-state index contributed by atoms with van der Waals surface area (Å²) in [7, 11) is 0. The van der Waals surface area contributed by atoms with Crippen molar-refractivity contribution in [3.8, 4) is 6.07 Å². The van der Waals surface area contributed by atoms with Gasteiger partial charge >= 0.3 is 0 Å². The molecule has 1 aromatic heterocycles. The Balaban J connectivity index is 1.61. The first-order valence-electron chi connectivity index (χ1n) is 11.8. The Morgan fingerprint density at radius 1 is 1.18 bits per heavy atom. The van der Waals surface area contributed by atoms with Crippen LogP contribution in [0, 0.1) is 11.3 Å². The van der Waals surface area contributed by atoms with Gasteiger partial charge in [0.25, 0.3) is 0 Å². The van der Waals surface area contributed by atoms with Crippen LogP contribution < -0.4 is 9.62 Å². The zero-order valence-corrected chi connectivity index (χ0v) is 22.3. The van der Waals surface area contributed by atoms with Crippen molar-refractivity contribution >= 4 is 35.2 Å². The number of rotatable bonds is 7. The molecular weight excluding hydrogens is 464 g/mol. The van der Waals surface area contributed by atoms with Crippen LogP contribution in [-0.4, -0.2) is 47.9 Å². The molecule has 0 saturated carbocycles. The summed E-state index contributed by atoms with van der Waals surface area (Å²) in [5, 5.41) is 11.0. The topological polar surface area (TPSA) is 70.4 Å². The van der Waals surface area contributed by atoms with Gasteiger partial charge in [-0.1, -0.05) is 24.1 Å². The maximum absolute atomic E-state index is 10.1. The summed E-state index contributed by atoms with van der Waals surface area (Å²) in [6.45, 7) is 10.5. The van der Waals surface area contributed by atoms with Crippen molar-refractivity contribution in [2.75, 3.05) is 34.7 Å². The monoisotopic (exact) mass is 498 g/mol. The van der Waals surface area contributed by atoms with Gasteiger partial charge in [0.2, 0.25) is 0 Å². The van der Waals surface area contributed by atoms with E-state index in [2.05, 4.69) is 67.7 Å². The van der Waals surface area contributed by atoms with Gasteiger partial charge in [-0.15, -0.1) is 11.8 Å². The minimum atomic E-state index is -0.294. The number of nitrogens with zero attached hydrogens (tertiary/aromatic N) is 3. The van der Waals surface area contributed by atoms with Gasteiger partial charge in [0.15, 0.2) is 0 Å². The molecule has 0 bridgehead atoms. The summed E-state index contributed by atoms with van der Waals surface area (Å²) in [5.41, 5.74) is 4.98. The molecule has 0 radical (unpaired) electrons. The molecule has 1 saturated heterocycles. The van der Waals surface area contributed by atoms with Crippen LogP contribution >= 0.6 is 23.7 Å². The van der Waals surface area contributed by atoms with E-state index >= 15 is 0 Å². The van der Waals surface area contributed by atoms with Crippen LogP contribution in [0.5, 0.6) is 0 Å². The number of hydrogen-bond donors (Lipinski definition) is 1. The molecule has 0 aliphatic carbocycles. The lowest BCUT2D eigenvalue weighted by Crippen LogP contribution is -2.47. The van der Waals surface area contributed by atoms with E-state index in [1.165, 1.54) is 5.56 Å². The van der Waals surface area contributed by atoms with Gasteiger partial charge in [0.1, 0.15) is 16.9 Å². The van der Waals surface area contributed by atoms with Gasteiger partial charge in [-0.05, 0) is 57.4 Å². The number of nitrogens with one attached hydrogen (secondary N) is 1. The lowest BCUT2D eigenvalue weighted by atomic mass is 9.89. The minimum Gasteiger partial charge on any atom is -0.372 e. The number of anilines is 2. The minimum absolute atomic E-state index is 0.137. The second-order valence-corrected chi connectivity index (χ2v) is 11.4. The first-order valence-corrected chi connectivity index (χ1v) is 14.0. The van der Waals surface area contributed by atoms with Gasteiger partial charge < -0.3 is 19.1 Å². The second kappa shape index (κ2) is 10.8. The number of hydrogen-bond acceptors (Lipinski definition) is 8. The molecule has 4 rings (SSSR count). The third-order valence-corrected chi connectivity index (χ3v) is 7.62. The van der Waals surface area contributed by atoms with E-state index in [0.717, 1.165) is 52.9 Å². The van der Waals surface area contributed by atoms with E-state index in [0.29, 0.717) is 18.6 Å². The van der Waals surface area contributed by atoms with Crippen LogP contribution in [0.4, 0.5) is 11.5 Å². The fraction of sp³-hybridized carbons (Fsp3) is 0.538. The highest BCUT2D eigenvalue weighted by atomic mass is 32.2. The first kappa shape index (κ1) is 25.2. The number of morpholine rings is 1. The van der Waals surface area contributed by atoms with Gasteiger partial charge in [-0.25, -0.2) is 4.98 Å². The highest BCUT2D eigenvalue weighted by Crippen LogP contribution is 2.39. The van der Waals surface area contributed by atoms with Crippen LogP contribution in [0.1, 0.15) is 49.9 Å². The lowest BCUT2D eigenvalue weighted by molar-refractivity contribution is -0.0407. The summed E-state index contributed by atoms with van der Waals surface area (Å²) in [5.74, 6) is 1.83. The molecule has 6 nitrogen and oxygen atoms in total. The maximum atomic E-state index is 10.1. The van der Waals surface area contributed by atoms with Crippen LogP contribution in [0.2, 0.25) is 0 Å². The highest BCUT2D eigenvalue weighted by molar-refractivity contribution is 7.99. The number of fused-ring (bicyclic) bond motifs is 1. The van der Waals surface area contributed by atoms with Crippen LogP contribution in [0.3, 0.4) is 0 Å². The van der Waals surface area contributed by atoms with Gasteiger partial charge in [-0.2, -0.15) is 5.26 Å². The van der Waals surface area contributed by atoms with Crippen molar-refractivity contribution in [1.29, 1.82) is 5.26 Å². The molecule has 2 aliphatic heterocycles. The average molecular weight is 499 g/mol. The summed E-state index contributed by atoms with van der Waals surface area (Å²) >= 11 is 3.27. The maximum Gasteiger partial charge on any atom is 0.135 e. The van der Waals surface area contributed by atoms with E-state index in [4.69, 9.17) is 14.5 Å². The predicted molar refractivity (Wildman–Crippen MR) is 142 cm³/mol. The van der Waals surface area contributed by atoms with Gasteiger partial charge in [0, 0.05) is 42.8 Å². The van der Waals surface area contributed by atoms with E-state index < -0.39 is 0 Å². The third-order valence-electron chi connectivity index (χ3n) is 6.20. The summed E-state index contributed by atoms with van der Waals surface area (Å²) < 4.78 is 15.4. The third kappa shape index (κ3) is 5.83. The highest BCUT2D eigenvalue weighted by Gasteiger charge is 2.34. The Morgan fingerprint density at radius 3 is 2.53 bits per heavy atom. The van der Waals surface area contributed by atoms with E-state index in [1.54, 1.807) is 23.7 Å². The molecule has 2 aliphatic rings. The second-order valence-electron chi connectivity index (χ2n) is 9.67. The standard InChI is InChI=1S/C26H34N4O2S2/c1-17-14-30(15-18(2)32-17)24-23-16-31-26(3,4)12-21(23)22(13-27)25(28-24)34-11-10-19-6-8-20(9-7-19)29-33-5/h6-9,17-18,29H,10-12,14-16H2,1-5H3.